The average Bonchev–Trinajstić information content (AvgIpc) is 3.52. The van der Waals surface area contributed by atoms with Crippen molar-refractivity contribution in [2.75, 3.05) is 0 Å². The van der Waals surface area contributed by atoms with Crippen LogP contribution in [0.25, 0.3) is 10.9 Å². The van der Waals surface area contributed by atoms with E-state index in [4.69, 9.17) is 0 Å². The molecule has 3 aromatic rings. The van der Waals surface area contributed by atoms with E-state index in [9.17, 15) is 14.4 Å². The maximum absolute atomic E-state index is 12.7. The molecule has 1 aromatic carbocycles. The van der Waals surface area contributed by atoms with Gasteiger partial charge >= 0.3 is 0 Å². The summed E-state index contributed by atoms with van der Waals surface area (Å²) in [5.41, 5.74) is 6.65. The molecule has 1 fully saturated rings. The summed E-state index contributed by atoms with van der Waals surface area (Å²) in [4.78, 5) is 41.0. The molecule has 1 aliphatic carbocycles. The van der Waals surface area contributed by atoms with E-state index in [0.717, 1.165) is 29.4 Å². The summed E-state index contributed by atoms with van der Waals surface area (Å²) in [7, 11) is 0. The summed E-state index contributed by atoms with van der Waals surface area (Å²) >= 11 is 0. The second kappa shape index (κ2) is 7.03. The molecule has 2 N–H and O–H groups in total. The molecule has 0 unspecified atom stereocenters. The Labute approximate surface area is 155 Å². The normalized spacial score (nSPS) is 13.3. The quantitative estimate of drug-likeness (QED) is 0.692. The van der Waals surface area contributed by atoms with E-state index in [1.807, 2.05) is 24.3 Å². The molecule has 7 nitrogen and oxygen atoms in total. The van der Waals surface area contributed by atoms with Crippen LogP contribution in [0, 0.1) is 0 Å². The molecule has 1 aliphatic rings. The summed E-state index contributed by atoms with van der Waals surface area (Å²) < 4.78 is 1.26. The molecule has 0 atom stereocenters. The molecule has 0 bridgehead atoms. The number of rotatable bonds is 4. The van der Waals surface area contributed by atoms with E-state index < -0.39 is 11.8 Å². The summed E-state index contributed by atoms with van der Waals surface area (Å²) in [6.07, 6.45) is 3.67. The number of fused-ring (bicyclic) bond motifs is 1. The van der Waals surface area contributed by atoms with E-state index in [1.165, 1.54) is 16.8 Å². The minimum absolute atomic E-state index is 0.176. The van der Waals surface area contributed by atoms with Gasteiger partial charge in [-0.25, -0.2) is 0 Å². The SMILES string of the molecule is O=C(Cn1ccccc1=O)NNC(=O)c1cc(C2CC2)nc2ccccc12. The van der Waals surface area contributed by atoms with Crippen molar-refractivity contribution in [3.8, 4) is 0 Å². The largest absolute Gasteiger partial charge is 0.306 e. The van der Waals surface area contributed by atoms with Gasteiger partial charge in [0.05, 0.1) is 11.1 Å². The minimum atomic E-state index is -0.488. The first-order valence-corrected chi connectivity index (χ1v) is 8.76. The first-order valence-electron chi connectivity index (χ1n) is 8.76. The highest BCUT2D eigenvalue weighted by molar-refractivity contribution is 6.06. The lowest BCUT2D eigenvalue weighted by molar-refractivity contribution is -0.122. The molecule has 7 heteroatoms. The summed E-state index contributed by atoms with van der Waals surface area (Å²) in [5.74, 6) is -0.498. The Hall–Kier alpha value is -3.48. The second-order valence-electron chi connectivity index (χ2n) is 6.56. The zero-order valence-corrected chi connectivity index (χ0v) is 14.5. The lowest BCUT2D eigenvalue weighted by Gasteiger charge is -2.11. The predicted molar refractivity (Wildman–Crippen MR) is 100 cm³/mol. The highest BCUT2D eigenvalue weighted by Crippen LogP contribution is 2.40. The van der Waals surface area contributed by atoms with Crippen LogP contribution in [-0.4, -0.2) is 21.4 Å². The third kappa shape index (κ3) is 3.72. The fraction of sp³-hybridized carbons (Fsp3) is 0.200. The number of aromatic nitrogens is 2. The van der Waals surface area contributed by atoms with Gasteiger partial charge in [0.1, 0.15) is 6.54 Å². The number of benzene rings is 1. The number of pyridine rings is 2. The first kappa shape index (κ1) is 17.0. The van der Waals surface area contributed by atoms with E-state index in [-0.39, 0.29) is 12.1 Å². The molecule has 2 amide bonds. The van der Waals surface area contributed by atoms with Crippen LogP contribution in [0.2, 0.25) is 0 Å². The Morgan fingerprint density at radius 1 is 1.07 bits per heavy atom. The molecule has 0 spiro atoms. The van der Waals surface area contributed by atoms with Crippen LogP contribution in [-0.2, 0) is 11.3 Å². The maximum atomic E-state index is 12.7. The van der Waals surface area contributed by atoms with E-state index in [0.29, 0.717) is 11.5 Å². The molecule has 1 saturated carbocycles. The number of hydrogen-bond donors (Lipinski definition) is 2. The molecule has 0 saturated heterocycles. The van der Waals surface area contributed by atoms with Gasteiger partial charge in [0.15, 0.2) is 0 Å². The molecule has 2 aromatic heterocycles. The Morgan fingerprint density at radius 3 is 2.63 bits per heavy atom. The predicted octanol–water partition coefficient (Wildman–Crippen LogP) is 1.74. The van der Waals surface area contributed by atoms with Crippen LogP contribution in [0.3, 0.4) is 0 Å². The van der Waals surface area contributed by atoms with Crippen molar-refractivity contribution >= 4 is 22.7 Å². The van der Waals surface area contributed by atoms with Gasteiger partial charge in [-0.2, -0.15) is 0 Å². The molecule has 136 valence electrons. The van der Waals surface area contributed by atoms with Gasteiger partial charge in [-0.05, 0) is 31.0 Å². The van der Waals surface area contributed by atoms with Crippen LogP contribution in [0.15, 0.2) is 59.5 Å². The van der Waals surface area contributed by atoms with Crippen molar-refractivity contribution in [1.82, 2.24) is 20.4 Å². The topological polar surface area (TPSA) is 93.1 Å². The van der Waals surface area contributed by atoms with Crippen molar-refractivity contribution in [3.05, 3.63) is 76.3 Å². The number of carbonyl (C=O) groups excluding carboxylic acids is 2. The van der Waals surface area contributed by atoms with Crippen LogP contribution in [0.1, 0.15) is 34.8 Å². The molecular formula is C20H18N4O3. The van der Waals surface area contributed by atoms with Gasteiger partial charge in [0, 0.05) is 29.3 Å². The number of hydrogen-bond acceptors (Lipinski definition) is 4. The molecule has 2 heterocycles. The number of amides is 2. The zero-order valence-electron chi connectivity index (χ0n) is 14.5. The van der Waals surface area contributed by atoms with Gasteiger partial charge in [-0.15, -0.1) is 0 Å². The Kier molecular flexibility index (Phi) is 4.42. The molecular weight excluding hydrogens is 344 g/mol. The van der Waals surface area contributed by atoms with Gasteiger partial charge < -0.3 is 4.57 Å². The van der Waals surface area contributed by atoms with E-state index in [1.54, 1.807) is 18.2 Å². The minimum Gasteiger partial charge on any atom is -0.306 e. The van der Waals surface area contributed by atoms with Crippen LogP contribution in [0.4, 0.5) is 0 Å². The Morgan fingerprint density at radius 2 is 1.85 bits per heavy atom. The van der Waals surface area contributed by atoms with Crippen molar-refractivity contribution in [2.24, 2.45) is 0 Å². The van der Waals surface area contributed by atoms with E-state index >= 15 is 0 Å². The van der Waals surface area contributed by atoms with Gasteiger partial charge in [-0.1, -0.05) is 24.3 Å². The summed E-state index contributed by atoms with van der Waals surface area (Å²) in [6.45, 7) is -0.176. The monoisotopic (exact) mass is 362 g/mol. The van der Waals surface area contributed by atoms with Crippen molar-refractivity contribution in [1.29, 1.82) is 0 Å². The van der Waals surface area contributed by atoms with Crippen molar-refractivity contribution in [3.63, 3.8) is 0 Å². The highest BCUT2D eigenvalue weighted by Gasteiger charge is 2.27. The molecule has 4 rings (SSSR count). The summed E-state index contributed by atoms with van der Waals surface area (Å²) in [6, 6.07) is 13.9. The summed E-state index contributed by atoms with van der Waals surface area (Å²) in [5, 5.41) is 0.730. The molecule has 27 heavy (non-hydrogen) atoms. The zero-order chi connectivity index (χ0) is 18.8. The van der Waals surface area contributed by atoms with Crippen molar-refractivity contribution < 1.29 is 9.59 Å². The maximum Gasteiger partial charge on any atom is 0.270 e. The third-order valence-corrected chi connectivity index (χ3v) is 4.50. The van der Waals surface area contributed by atoms with Crippen LogP contribution in [0.5, 0.6) is 0 Å². The van der Waals surface area contributed by atoms with E-state index in [2.05, 4.69) is 15.8 Å². The van der Waals surface area contributed by atoms with Crippen molar-refractivity contribution in [2.45, 2.75) is 25.3 Å². The lowest BCUT2D eigenvalue weighted by atomic mass is 10.1. The Bertz CT molecular complexity index is 1090. The third-order valence-electron chi connectivity index (χ3n) is 4.50. The highest BCUT2D eigenvalue weighted by atomic mass is 16.2. The smallest absolute Gasteiger partial charge is 0.270 e. The fourth-order valence-electron chi connectivity index (χ4n) is 2.95. The Balaban J connectivity index is 1.50. The molecule has 0 radical (unpaired) electrons. The van der Waals surface area contributed by atoms with Gasteiger partial charge in [0.25, 0.3) is 17.4 Å². The van der Waals surface area contributed by atoms with Crippen LogP contribution >= 0.6 is 0 Å². The fourth-order valence-corrected chi connectivity index (χ4v) is 2.95. The van der Waals surface area contributed by atoms with Gasteiger partial charge in [0.2, 0.25) is 0 Å². The van der Waals surface area contributed by atoms with Gasteiger partial charge in [-0.3, -0.25) is 30.2 Å². The number of para-hydroxylation sites is 1. The number of nitrogens with zero attached hydrogens (tertiary/aromatic N) is 2. The standard InChI is InChI=1S/C20H18N4O3/c25-18(12-24-10-4-3-7-19(24)26)22-23-20(27)15-11-17(13-8-9-13)21-16-6-2-1-5-14(15)16/h1-7,10-11,13H,8-9,12H2,(H,22,25)(H,23,27). The van der Waals surface area contributed by atoms with Crippen LogP contribution < -0.4 is 16.4 Å². The average molecular weight is 362 g/mol. The second-order valence-corrected chi connectivity index (χ2v) is 6.56. The lowest BCUT2D eigenvalue weighted by Crippen LogP contribution is -2.44. The molecule has 0 aliphatic heterocycles. The first-order chi connectivity index (χ1) is 13.1. The number of hydrazine groups is 1. The number of carbonyl (C=O) groups is 2. The number of nitrogens with one attached hydrogen (secondary N) is 2.